The first-order chi connectivity index (χ1) is 13.5. The molecule has 1 aromatic carbocycles. The van der Waals surface area contributed by atoms with Crippen LogP contribution >= 0.6 is 0 Å². The lowest BCUT2D eigenvalue weighted by atomic mass is 9.97. The highest BCUT2D eigenvalue weighted by molar-refractivity contribution is 6.00. The monoisotopic (exact) mass is 402 g/mol. The number of hydrogen-bond donors (Lipinski definition) is 0. The van der Waals surface area contributed by atoms with Crippen LogP contribution in [0.4, 0.5) is 14.5 Å². The summed E-state index contributed by atoms with van der Waals surface area (Å²) in [5.74, 6) is -5.55. The molecule has 1 amide bonds. The minimum atomic E-state index is -3.75. The maximum absolute atomic E-state index is 15.0. The van der Waals surface area contributed by atoms with Crippen molar-refractivity contribution in [3.05, 3.63) is 58.9 Å². The normalized spacial score (nSPS) is 14.3. The molecule has 29 heavy (non-hydrogen) atoms. The molecule has 5 nitrogen and oxygen atoms in total. The molecular formula is C22H24F2N2O3. The number of aryl methyl sites for hydroxylation is 2. The Morgan fingerprint density at radius 2 is 1.90 bits per heavy atom. The topological polar surface area (TPSA) is 59.5 Å². The molecule has 0 saturated heterocycles. The fraction of sp³-hybridized carbons (Fsp3) is 0.409. The molecule has 1 aliphatic heterocycles. The van der Waals surface area contributed by atoms with Crippen LogP contribution in [-0.4, -0.2) is 29.0 Å². The Morgan fingerprint density at radius 1 is 1.17 bits per heavy atom. The van der Waals surface area contributed by atoms with Gasteiger partial charge >= 0.3 is 17.8 Å². The molecule has 0 radical (unpaired) electrons. The molecule has 0 spiro atoms. The predicted molar refractivity (Wildman–Crippen MR) is 105 cm³/mol. The molecule has 2 heterocycles. The Kier molecular flexibility index (Phi) is 5.43. The molecule has 3 rings (SSSR count). The van der Waals surface area contributed by atoms with Crippen molar-refractivity contribution in [1.29, 1.82) is 0 Å². The van der Waals surface area contributed by atoms with Crippen molar-refractivity contribution in [3.63, 3.8) is 0 Å². The fourth-order valence-corrected chi connectivity index (χ4v) is 3.36. The van der Waals surface area contributed by atoms with Gasteiger partial charge in [-0.1, -0.05) is 6.07 Å². The number of hydrogen-bond acceptors (Lipinski definition) is 4. The Balaban J connectivity index is 1.92. The lowest BCUT2D eigenvalue weighted by Crippen LogP contribution is -2.45. The fourth-order valence-electron chi connectivity index (χ4n) is 3.36. The van der Waals surface area contributed by atoms with Crippen LogP contribution in [0.1, 0.15) is 54.4 Å². The lowest BCUT2D eigenvalue weighted by molar-refractivity contribution is -0.144. The van der Waals surface area contributed by atoms with E-state index in [-0.39, 0.29) is 12.1 Å². The molecule has 0 aliphatic carbocycles. The van der Waals surface area contributed by atoms with Crippen LogP contribution in [-0.2, 0) is 21.9 Å². The highest BCUT2D eigenvalue weighted by Crippen LogP contribution is 2.36. The third-order valence-electron chi connectivity index (χ3n) is 4.65. The van der Waals surface area contributed by atoms with Crippen LogP contribution in [0.25, 0.3) is 0 Å². The minimum Gasteiger partial charge on any atom is -0.456 e. The summed E-state index contributed by atoms with van der Waals surface area (Å²) < 4.78 is 35.3. The maximum atomic E-state index is 15.0. The summed E-state index contributed by atoms with van der Waals surface area (Å²) in [7, 11) is 0. The number of aromatic nitrogens is 1. The van der Waals surface area contributed by atoms with Crippen LogP contribution in [0.5, 0.6) is 0 Å². The highest BCUT2D eigenvalue weighted by atomic mass is 19.3. The number of rotatable bonds is 3. The Bertz CT molecular complexity index is 951. The second kappa shape index (κ2) is 7.54. The Hall–Kier alpha value is -2.83. The molecule has 0 unspecified atom stereocenters. The van der Waals surface area contributed by atoms with Gasteiger partial charge in [0.2, 0.25) is 0 Å². The predicted octanol–water partition coefficient (Wildman–Crippen LogP) is 4.42. The summed E-state index contributed by atoms with van der Waals surface area (Å²) in [6.45, 7) is 6.99. The SMILES string of the molecule is Cc1cccnc1C(F)(F)C(=O)N1CCCc2cc(C(=O)OC(C)(C)C)ccc21. The summed E-state index contributed by atoms with van der Waals surface area (Å²) >= 11 is 0. The van der Waals surface area contributed by atoms with Crippen molar-refractivity contribution in [2.45, 2.75) is 52.1 Å². The zero-order valence-electron chi connectivity index (χ0n) is 17.0. The molecule has 0 fully saturated rings. The van der Waals surface area contributed by atoms with E-state index in [2.05, 4.69) is 4.98 Å². The van der Waals surface area contributed by atoms with E-state index in [1.807, 2.05) is 0 Å². The van der Waals surface area contributed by atoms with Crippen molar-refractivity contribution in [1.82, 2.24) is 4.98 Å². The van der Waals surface area contributed by atoms with Gasteiger partial charge in [-0.3, -0.25) is 9.78 Å². The maximum Gasteiger partial charge on any atom is 0.366 e. The smallest absolute Gasteiger partial charge is 0.366 e. The van der Waals surface area contributed by atoms with Crippen molar-refractivity contribution in [2.24, 2.45) is 0 Å². The number of carbonyl (C=O) groups excluding carboxylic acids is 2. The van der Waals surface area contributed by atoms with Gasteiger partial charge in [-0.25, -0.2) is 4.79 Å². The van der Waals surface area contributed by atoms with Crippen molar-refractivity contribution in [3.8, 4) is 0 Å². The van der Waals surface area contributed by atoms with Gasteiger partial charge in [-0.05, 0) is 75.9 Å². The lowest BCUT2D eigenvalue weighted by Gasteiger charge is -2.32. The number of halogens is 2. The van der Waals surface area contributed by atoms with Crippen LogP contribution < -0.4 is 4.90 Å². The third-order valence-corrected chi connectivity index (χ3v) is 4.65. The van der Waals surface area contributed by atoms with Crippen LogP contribution in [0.3, 0.4) is 0 Å². The second-order valence-corrected chi connectivity index (χ2v) is 8.15. The summed E-state index contributed by atoms with van der Waals surface area (Å²) in [4.78, 5) is 29.9. The van der Waals surface area contributed by atoms with E-state index in [0.29, 0.717) is 29.7 Å². The van der Waals surface area contributed by atoms with E-state index in [1.54, 1.807) is 32.9 Å². The zero-order chi connectivity index (χ0) is 21.4. The van der Waals surface area contributed by atoms with E-state index in [1.165, 1.54) is 31.3 Å². The highest BCUT2D eigenvalue weighted by Gasteiger charge is 2.47. The van der Waals surface area contributed by atoms with E-state index in [0.717, 1.165) is 4.90 Å². The number of amides is 1. The molecule has 7 heteroatoms. The van der Waals surface area contributed by atoms with E-state index in [4.69, 9.17) is 4.74 Å². The summed E-state index contributed by atoms with van der Waals surface area (Å²) in [5, 5.41) is 0. The number of pyridine rings is 1. The summed E-state index contributed by atoms with van der Waals surface area (Å²) in [5.41, 5.74) is 0.465. The zero-order valence-corrected chi connectivity index (χ0v) is 17.0. The summed E-state index contributed by atoms with van der Waals surface area (Å²) in [6.07, 6.45) is 2.36. The number of alkyl halides is 2. The molecule has 154 valence electrons. The molecule has 2 aromatic rings. The number of benzene rings is 1. The van der Waals surface area contributed by atoms with Gasteiger partial charge in [0.1, 0.15) is 11.3 Å². The number of carbonyl (C=O) groups is 2. The first-order valence-electron chi connectivity index (χ1n) is 9.49. The number of ether oxygens (including phenoxy) is 1. The quantitative estimate of drug-likeness (QED) is 0.714. The van der Waals surface area contributed by atoms with E-state index < -0.39 is 29.1 Å². The van der Waals surface area contributed by atoms with Gasteiger partial charge in [0, 0.05) is 18.4 Å². The average Bonchev–Trinajstić information content (AvgIpc) is 2.65. The number of anilines is 1. The first kappa shape index (κ1) is 20.9. The third kappa shape index (κ3) is 4.28. The molecule has 0 bridgehead atoms. The number of nitrogens with zero attached hydrogens (tertiary/aromatic N) is 2. The molecule has 0 saturated carbocycles. The van der Waals surface area contributed by atoms with E-state index >= 15 is 0 Å². The molecule has 0 N–H and O–H groups in total. The van der Waals surface area contributed by atoms with Crippen LogP contribution in [0.2, 0.25) is 0 Å². The molecule has 1 aromatic heterocycles. The van der Waals surface area contributed by atoms with Gasteiger partial charge in [0.15, 0.2) is 0 Å². The van der Waals surface area contributed by atoms with Crippen LogP contribution in [0, 0.1) is 6.92 Å². The van der Waals surface area contributed by atoms with Crippen molar-refractivity contribution >= 4 is 17.6 Å². The molecule has 1 aliphatic rings. The van der Waals surface area contributed by atoms with Gasteiger partial charge in [0.05, 0.1) is 5.56 Å². The van der Waals surface area contributed by atoms with Gasteiger partial charge in [-0.15, -0.1) is 0 Å². The number of esters is 1. The van der Waals surface area contributed by atoms with Gasteiger partial charge in [0.25, 0.3) is 0 Å². The summed E-state index contributed by atoms with van der Waals surface area (Å²) in [6, 6.07) is 7.71. The molecule has 0 atom stereocenters. The minimum absolute atomic E-state index is 0.180. The Morgan fingerprint density at radius 3 is 2.55 bits per heavy atom. The molecular weight excluding hydrogens is 378 g/mol. The standard InChI is InChI=1S/C22H24F2N2O3/c1-14-7-5-11-25-18(14)22(23,24)20(28)26-12-6-8-15-13-16(9-10-17(15)26)19(27)29-21(2,3)4/h5,7,9-11,13H,6,8,12H2,1-4H3. The van der Waals surface area contributed by atoms with Crippen LogP contribution in [0.15, 0.2) is 36.5 Å². The average molecular weight is 402 g/mol. The number of fused-ring (bicyclic) bond motifs is 1. The van der Waals surface area contributed by atoms with Crippen molar-refractivity contribution in [2.75, 3.05) is 11.4 Å². The Labute approximate surface area is 168 Å². The largest absolute Gasteiger partial charge is 0.456 e. The first-order valence-corrected chi connectivity index (χ1v) is 9.49. The van der Waals surface area contributed by atoms with Gasteiger partial charge < -0.3 is 9.64 Å². The van der Waals surface area contributed by atoms with Crippen molar-refractivity contribution < 1.29 is 23.1 Å². The second-order valence-electron chi connectivity index (χ2n) is 8.15. The van der Waals surface area contributed by atoms with E-state index in [9.17, 15) is 18.4 Å². The van der Waals surface area contributed by atoms with Gasteiger partial charge in [-0.2, -0.15) is 8.78 Å².